The summed E-state index contributed by atoms with van der Waals surface area (Å²) in [6.07, 6.45) is -0.159. The first-order chi connectivity index (χ1) is 14.2. The van der Waals surface area contributed by atoms with Gasteiger partial charge in [-0.25, -0.2) is 4.79 Å². The standard InChI is InChI=1S/C20H23N5O5/c1-11(2)10-24-19(28)17(18-21-15(30-23-18)7-8-16(26)27)22-25(20(24)29)14-6-5-12(3)13(4)9-14/h5-6,9,11H,7-8,10H2,1-4H3,(H,26,27). The van der Waals surface area contributed by atoms with Crippen LogP contribution in [0.2, 0.25) is 0 Å². The number of nitrogens with zero attached hydrogens (tertiary/aromatic N) is 5. The smallest absolute Gasteiger partial charge is 0.352 e. The Labute approximate surface area is 171 Å². The van der Waals surface area contributed by atoms with E-state index < -0.39 is 17.2 Å². The van der Waals surface area contributed by atoms with E-state index in [1.165, 1.54) is 0 Å². The zero-order chi connectivity index (χ0) is 22.0. The van der Waals surface area contributed by atoms with Crippen molar-refractivity contribution in [2.45, 2.75) is 47.1 Å². The van der Waals surface area contributed by atoms with Crippen molar-refractivity contribution in [1.29, 1.82) is 0 Å². The van der Waals surface area contributed by atoms with Crippen LogP contribution in [0.3, 0.4) is 0 Å². The lowest BCUT2D eigenvalue weighted by molar-refractivity contribution is -0.137. The van der Waals surface area contributed by atoms with Gasteiger partial charge in [0.15, 0.2) is 5.69 Å². The highest BCUT2D eigenvalue weighted by molar-refractivity contribution is 5.66. The molecule has 0 aliphatic rings. The van der Waals surface area contributed by atoms with E-state index in [9.17, 15) is 14.4 Å². The van der Waals surface area contributed by atoms with Gasteiger partial charge in [-0.15, -0.1) is 0 Å². The number of carboxylic acid groups (broad SMARTS) is 1. The van der Waals surface area contributed by atoms with Crippen molar-refractivity contribution in [3.63, 3.8) is 0 Å². The van der Waals surface area contributed by atoms with Crippen molar-refractivity contribution >= 4 is 5.97 Å². The van der Waals surface area contributed by atoms with Gasteiger partial charge in [0.2, 0.25) is 11.7 Å². The zero-order valence-electron chi connectivity index (χ0n) is 17.2. The van der Waals surface area contributed by atoms with Crippen LogP contribution < -0.4 is 11.2 Å². The molecular formula is C20H23N5O5. The molecule has 158 valence electrons. The Kier molecular flexibility index (Phi) is 5.95. The second-order valence-electron chi connectivity index (χ2n) is 7.53. The Balaban J connectivity index is 2.17. The van der Waals surface area contributed by atoms with Gasteiger partial charge in [-0.1, -0.05) is 25.1 Å². The molecule has 0 amide bonds. The molecule has 0 fully saturated rings. The van der Waals surface area contributed by atoms with Gasteiger partial charge in [-0.05, 0) is 43.0 Å². The minimum Gasteiger partial charge on any atom is -0.481 e. The third-order valence-corrected chi connectivity index (χ3v) is 4.58. The van der Waals surface area contributed by atoms with Gasteiger partial charge in [-0.2, -0.15) is 14.8 Å². The summed E-state index contributed by atoms with van der Waals surface area (Å²) in [5, 5.41) is 16.8. The van der Waals surface area contributed by atoms with Crippen molar-refractivity contribution in [1.82, 2.24) is 24.5 Å². The number of hydrogen-bond acceptors (Lipinski definition) is 7. The fourth-order valence-electron chi connectivity index (χ4n) is 2.87. The lowest BCUT2D eigenvalue weighted by Crippen LogP contribution is -2.42. The highest BCUT2D eigenvalue weighted by Crippen LogP contribution is 2.14. The average Bonchev–Trinajstić information content (AvgIpc) is 3.14. The number of carboxylic acids is 1. The van der Waals surface area contributed by atoms with Crippen molar-refractivity contribution in [3.05, 3.63) is 56.1 Å². The normalized spacial score (nSPS) is 11.2. The Bertz CT molecular complexity index is 1210. The summed E-state index contributed by atoms with van der Waals surface area (Å²) in [7, 11) is 0. The van der Waals surface area contributed by atoms with Crippen molar-refractivity contribution < 1.29 is 14.4 Å². The van der Waals surface area contributed by atoms with Gasteiger partial charge in [-0.3, -0.25) is 14.2 Å². The molecule has 0 saturated carbocycles. The largest absolute Gasteiger partial charge is 0.481 e. The van der Waals surface area contributed by atoms with Crippen LogP contribution in [-0.4, -0.2) is 35.6 Å². The highest BCUT2D eigenvalue weighted by atomic mass is 16.5. The molecule has 0 saturated heterocycles. The molecule has 2 heterocycles. The highest BCUT2D eigenvalue weighted by Gasteiger charge is 2.21. The lowest BCUT2D eigenvalue weighted by atomic mass is 10.1. The number of aryl methyl sites for hydroxylation is 3. The number of benzene rings is 1. The van der Waals surface area contributed by atoms with E-state index in [0.717, 1.165) is 20.4 Å². The molecule has 0 spiro atoms. The number of carbonyl (C=O) groups is 1. The van der Waals surface area contributed by atoms with Gasteiger partial charge in [0.05, 0.1) is 12.1 Å². The van der Waals surface area contributed by atoms with Crippen LogP contribution in [0, 0.1) is 19.8 Å². The van der Waals surface area contributed by atoms with Crippen LogP contribution >= 0.6 is 0 Å². The maximum absolute atomic E-state index is 13.0. The Morgan fingerprint density at radius 1 is 1.20 bits per heavy atom. The maximum atomic E-state index is 13.0. The van der Waals surface area contributed by atoms with Crippen LogP contribution in [0.1, 0.15) is 37.3 Å². The number of aromatic nitrogens is 5. The molecule has 3 rings (SSSR count). The van der Waals surface area contributed by atoms with Gasteiger partial charge in [0.25, 0.3) is 5.56 Å². The molecule has 0 radical (unpaired) electrons. The van der Waals surface area contributed by atoms with E-state index in [1.54, 1.807) is 6.07 Å². The summed E-state index contributed by atoms with van der Waals surface area (Å²) in [6.45, 7) is 7.86. The van der Waals surface area contributed by atoms with Gasteiger partial charge in [0.1, 0.15) is 0 Å². The van der Waals surface area contributed by atoms with Crippen molar-refractivity contribution in [2.24, 2.45) is 5.92 Å². The zero-order valence-corrected chi connectivity index (χ0v) is 17.2. The molecule has 1 aromatic carbocycles. The third kappa shape index (κ3) is 4.37. The second-order valence-corrected chi connectivity index (χ2v) is 7.53. The first kappa shape index (κ1) is 21.2. The molecule has 30 heavy (non-hydrogen) atoms. The van der Waals surface area contributed by atoms with Crippen LogP contribution in [0.25, 0.3) is 17.2 Å². The fourth-order valence-corrected chi connectivity index (χ4v) is 2.87. The van der Waals surface area contributed by atoms with Gasteiger partial charge < -0.3 is 9.63 Å². The number of hydrogen-bond donors (Lipinski definition) is 1. The molecule has 0 unspecified atom stereocenters. The third-order valence-electron chi connectivity index (χ3n) is 4.58. The Hall–Kier alpha value is -3.56. The maximum Gasteiger partial charge on any atom is 0.352 e. The van der Waals surface area contributed by atoms with E-state index in [2.05, 4.69) is 15.2 Å². The van der Waals surface area contributed by atoms with Crippen LogP contribution in [0.4, 0.5) is 0 Å². The molecule has 0 bridgehead atoms. The molecule has 10 nitrogen and oxygen atoms in total. The quantitative estimate of drug-likeness (QED) is 0.619. The minimum atomic E-state index is -1.00. The lowest BCUT2D eigenvalue weighted by Gasteiger charge is -2.13. The molecule has 2 aromatic heterocycles. The fraction of sp³-hybridized carbons (Fsp3) is 0.400. The van der Waals surface area contributed by atoms with Gasteiger partial charge >= 0.3 is 11.7 Å². The molecule has 0 atom stereocenters. The van der Waals surface area contributed by atoms with E-state index in [-0.39, 0.29) is 42.7 Å². The first-order valence-corrected chi connectivity index (χ1v) is 9.54. The first-order valence-electron chi connectivity index (χ1n) is 9.54. The summed E-state index contributed by atoms with van der Waals surface area (Å²) in [4.78, 5) is 40.8. The molecule has 10 heteroatoms. The van der Waals surface area contributed by atoms with Crippen molar-refractivity contribution in [2.75, 3.05) is 0 Å². The van der Waals surface area contributed by atoms with Gasteiger partial charge in [0, 0.05) is 13.0 Å². The Morgan fingerprint density at radius 3 is 2.57 bits per heavy atom. The molecule has 0 aliphatic carbocycles. The molecule has 1 N–H and O–H groups in total. The predicted octanol–water partition coefficient (Wildman–Crippen LogP) is 1.73. The van der Waals surface area contributed by atoms with Crippen LogP contribution in [0.15, 0.2) is 32.3 Å². The molecule has 0 aliphatic heterocycles. The summed E-state index contributed by atoms with van der Waals surface area (Å²) >= 11 is 0. The minimum absolute atomic E-state index is 0.0271. The van der Waals surface area contributed by atoms with E-state index in [1.807, 2.05) is 39.8 Å². The predicted molar refractivity (Wildman–Crippen MR) is 108 cm³/mol. The Morgan fingerprint density at radius 2 is 1.93 bits per heavy atom. The molecule has 3 aromatic rings. The van der Waals surface area contributed by atoms with E-state index in [4.69, 9.17) is 9.63 Å². The average molecular weight is 413 g/mol. The second kappa shape index (κ2) is 8.44. The topological polar surface area (TPSA) is 133 Å². The van der Waals surface area contributed by atoms with E-state index >= 15 is 0 Å². The summed E-state index contributed by atoms with van der Waals surface area (Å²) in [5.41, 5.74) is 1.22. The summed E-state index contributed by atoms with van der Waals surface area (Å²) in [6, 6.07) is 5.43. The number of aliphatic carboxylic acids is 1. The van der Waals surface area contributed by atoms with Crippen LogP contribution in [-0.2, 0) is 17.8 Å². The van der Waals surface area contributed by atoms with E-state index in [0.29, 0.717) is 5.69 Å². The number of rotatable bonds is 7. The SMILES string of the molecule is Cc1ccc(-n2nc(-c3noc(CCC(=O)O)n3)c(=O)n(CC(C)C)c2=O)cc1C. The molecular weight excluding hydrogens is 390 g/mol. The van der Waals surface area contributed by atoms with Crippen molar-refractivity contribution in [3.8, 4) is 17.2 Å². The van der Waals surface area contributed by atoms with Crippen LogP contribution in [0.5, 0.6) is 0 Å². The summed E-state index contributed by atoms with van der Waals surface area (Å²) in [5.74, 6) is -0.978. The summed E-state index contributed by atoms with van der Waals surface area (Å²) < 4.78 is 7.31. The monoisotopic (exact) mass is 413 g/mol.